The second-order valence-electron chi connectivity index (χ2n) is 4.13. The summed E-state index contributed by atoms with van der Waals surface area (Å²) in [6.07, 6.45) is 0. The van der Waals surface area contributed by atoms with Gasteiger partial charge in [-0.3, -0.25) is 4.79 Å². The molecular formula is C15H11Cl2NO3. The molecule has 1 amide bonds. The number of rotatable bonds is 3. The van der Waals surface area contributed by atoms with Gasteiger partial charge in [-0.05, 0) is 30.3 Å². The fourth-order valence-corrected chi connectivity index (χ4v) is 2.11. The molecule has 0 saturated heterocycles. The molecule has 6 heteroatoms. The minimum absolute atomic E-state index is 0.181. The van der Waals surface area contributed by atoms with Gasteiger partial charge in [0.1, 0.15) is 0 Å². The molecule has 1 N–H and O–H groups in total. The normalized spacial score (nSPS) is 10.0. The summed E-state index contributed by atoms with van der Waals surface area (Å²) in [6, 6.07) is 11.2. The summed E-state index contributed by atoms with van der Waals surface area (Å²) in [5.41, 5.74) is 1.05. The predicted octanol–water partition coefficient (Wildman–Crippen LogP) is 4.03. The number of methoxy groups -OCH3 is 1. The molecule has 21 heavy (non-hydrogen) atoms. The number of amides is 1. The third kappa shape index (κ3) is 3.54. The van der Waals surface area contributed by atoms with Crippen LogP contribution in [0.5, 0.6) is 0 Å². The van der Waals surface area contributed by atoms with Crippen molar-refractivity contribution < 1.29 is 14.3 Å². The minimum Gasteiger partial charge on any atom is -0.465 e. The van der Waals surface area contributed by atoms with Gasteiger partial charge in [-0.15, -0.1) is 0 Å². The molecule has 0 aliphatic carbocycles. The lowest BCUT2D eigenvalue weighted by Crippen LogP contribution is -2.13. The van der Waals surface area contributed by atoms with E-state index < -0.39 is 11.9 Å². The summed E-state index contributed by atoms with van der Waals surface area (Å²) >= 11 is 11.9. The number of hydrogen-bond donors (Lipinski definition) is 1. The molecule has 2 aromatic carbocycles. The first kappa shape index (κ1) is 15.4. The molecule has 0 heterocycles. The van der Waals surface area contributed by atoms with E-state index in [0.717, 1.165) is 0 Å². The maximum absolute atomic E-state index is 12.2. The van der Waals surface area contributed by atoms with E-state index >= 15 is 0 Å². The van der Waals surface area contributed by atoms with Crippen LogP contribution in [0, 0.1) is 0 Å². The SMILES string of the molecule is COC(=O)c1cccc(NC(=O)c2cccc(Cl)c2Cl)c1. The molecule has 0 atom stereocenters. The van der Waals surface area contributed by atoms with Crippen molar-refractivity contribution in [2.75, 3.05) is 12.4 Å². The predicted molar refractivity (Wildman–Crippen MR) is 82.2 cm³/mol. The molecule has 0 aliphatic rings. The highest BCUT2D eigenvalue weighted by atomic mass is 35.5. The van der Waals surface area contributed by atoms with Crippen LogP contribution < -0.4 is 5.32 Å². The van der Waals surface area contributed by atoms with Crippen LogP contribution in [-0.2, 0) is 4.74 Å². The van der Waals surface area contributed by atoms with Crippen molar-refractivity contribution in [3.63, 3.8) is 0 Å². The van der Waals surface area contributed by atoms with Crippen LogP contribution in [-0.4, -0.2) is 19.0 Å². The van der Waals surface area contributed by atoms with Gasteiger partial charge in [0.25, 0.3) is 5.91 Å². The number of esters is 1. The number of hydrogen-bond acceptors (Lipinski definition) is 3. The zero-order chi connectivity index (χ0) is 15.4. The fourth-order valence-electron chi connectivity index (χ4n) is 1.72. The highest BCUT2D eigenvalue weighted by Gasteiger charge is 2.13. The van der Waals surface area contributed by atoms with Gasteiger partial charge in [0, 0.05) is 5.69 Å². The van der Waals surface area contributed by atoms with Gasteiger partial charge in [0.05, 0.1) is 28.3 Å². The zero-order valence-corrected chi connectivity index (χ0v) is 12.5. The molecule has 0 radical (unpaired) electrons. The summed E-state index contributed by atoms with van der Waals surface area (Å²) < 4.78 is 4.63. The molecule has 0 spiro atoms. The van der Waals surface area contributed by atoms with E-state index in [4.69, 9.17) is 23.2 Å². The average molecular weight is 324 g/mol. The minimum atomic E-state index is -0.480. The molecule has 0 unspecified atom stereocenters. The van der Waals surface area contributed by atoms with Crippen LogP contribution in [0.15, 0.2) is 42.5 Å². The Kier molecular flexibility index (Phi) is 4.83. The van der Waals surface area contributed by atoms with E-state index in [2.05, 4.69) is 10.1 Å². The molecule has 2 rings (SSSR count). The maximum Gasteiger partial charge on any atom is 0.337 e. The quantitative estimate of drug-likeness (QED) is 0.867. The van der Waals surface area contributed by atoms with Gasteiger partial charge in [0.2, 0.25) is 0 Å². The lowest BCUT2D eigenvalue weighted by molar-refractivity contribution is 0.0600. The van der Waals surface area contributed by atoms with Crippen LogP contribution >= 0.6 is 23.2 Å². The number of ether oxygens (including phenoxy) is 1. The monoisotopic (exact) mass is 323 g/mol. The van der Waals surface area contributed by atoms with Gasteiger partial charge in [-0.2, -0.15) is 0 Å². The first-order valence-electron chi connectivity index (χ1n) is 5.96. The van der Waals surface area contributed by atoms with Crippen molar-refractivity contribution in [3.8, 4) is 0 Å². The maximum atomic E-state index is 12.2. The second-order valence-corrected chi connectivity index (χ2v) is 4.91. The number of carbonyl (C=O) groups is 2. The van der Waals surface area contributed by atoms with Crippen molar-refractivity contribution in [2.24, 2.45) is 0 Å². The van der Waals surface area contributed by atoms with Crippen molar-refractivity contribution in [1.29, 1.82) is 0 Å². The van der Waals surface area contributed by atoms with Gasteiger partial charge in [-0.1, -0.05) is 35.3 Å². The molecule has 0 aliphatic heterocycles. The van der Waals surface area contributed by atoms with E-state index in [-0.39, 0.29) is 10.6 Å². The van der Waals surface area contributed by atoms with E-state index in [1.807, 2.05) is 0 Å². The topological polar surface area (TPSA) is 55.4 Å². The summed E-state index contributed by atoms with van der Waals surface area (Å²) in [4.78, 5) is 23.6. The van der Waals surface area contributed by atoms with Crippen LogP contribution in [0.2, 0.25) is 10.0 Å². The third-order valence-corrected chi connectivity index (χ3v) is 3.56. The molecule has 0 aromatic heterocycles. The third-order valence-electron chi connectivity index (χ3n) is 2.74. The molecule has 4 nitrogen and oxygen atoms in total. The summed E-state index contributed by atoms with van der Waals surface area (Å²) in [5, 5.41) is 3.14. The summed E-state index contributed by atoms with van der Waals surface area (Å²) in [7, 11) is 1.29. The van der Waals surface area contributed by atoms with Crippen LogP contribution in [0.3, 0.4) is 0 Å². The molecule has 0 bridgehead atoms. The van der Waals surface area contributed by atoms with Crippen molar-refractivity contribution in [3.05, 3.63) is 63.6 Å². The Hall–Kier alpha value is -2.04. The van der Waals surface area contributed by atoms with E-state index in [9.17, 15) is 9.59 Å². The first-order valence-corrected chi connectivity index (χ1v) is 6.72. The number of carbonyl (C=O) groups excluding carboxylic acids is 2. The van der Waals surface area contributed by atoms with E-state index in [1.165, 1.54) is 13.2 Å². The summed E-state index contributed by atoms with van der Waals surface area (Å²) in [5.74, 6) is -0.892. The Morgan fingerprint density at radius 3 is 2.52 bits per heavy atom. The Balaban J connectivity index is 2.24. The number of anilines is 1. The van der Waals surface area contributed by atoms with Gasteiger partial charge >= 0.3 is 5.97 Å². The van der Waals surface area contributed by atoms with Gasteiger partial charge in [-0.25, -0.2) is 4.79 Å². The largest absolute Gasteiger partial charge is 0.465 e. The van der Waals surface area contributed by atoms with Crippen LogP contribution in [0.1, 0.15) is 20.7 Å². The highest BCUT2D eigenvalue weighted by Crippen LogP contribution is 2.26. The molecule has 2 aromatic rings. The van der Waals surface area contributed by atoms with Crippen molar-refractivity contribution in [2.45, 2.75) is 0 Å². The van der Waals surface area contributed by atoms with Crippen LogP contribution in [0.4, 0.5) is 5.69 Å². The van der Waals surface area contributed by atoms with Crippen molar-refractivity contribution in [1.82, 2.24) is 0 Å². The smallest absolute Gasteiger partial charge is 0.337 e. The Morgan fingerprint density at radius 1 is 1.10 bits per heavy atom. The highest BCUT2D eigenvalue weighted by molar-refractivity contribution is 6.44. The number of nitrogens with one attached hydrogen (secondary N) is 1. The Labute approximate surface area is 131 Å². The fraction of sp³-hybridized carbons (Fsp3) is 0.0667. The van der Waals surface area contributed by atoms with Gasteiger partial charge in [0.15, 0.2) is 0 Å². The van der Waals surface area contributed by atoms with E-state index in [1.54, 1.807) is 36.4 Å². The van der Waals surface area contributed by atoms with Gasteiger partial charge < -0.3 is 10.1 Å². The number of benzene rings is 2. The van der Waals surface area contributed by atoms with Crippen molar-refractivity contribution >= 4 is 40.8 Å². The van der Waals surface area contributed by atoms with Crippen LogP contribution in [0.25, 0.3) is 0 Å². The Morgan fingerprint density at radius 2 is 1.81 bits per heavy atom. The zero-order valence-electron chi connectivity index (χ0n) is 11.0. The second kappa shape index (κ2) is 6.61. The Bertz CT molecular complexity index is 701. The van der Waals surface area contributed by atoms with E-state index in [0.29, 0.717) is 16.3 Å². The standard InChI is InChI=1S/C15H11Cl2NO3/c1-21-15(20)9-4-2-5-10(8-9)18-14(19)11-6-3-7-12(16)13(11)17/h2-8H,1H3,(H,18,19). The average Bonchev–Trinajstić information content (AvgIpc) is 2.49. The number of halogens is 2. The molecule has 0 fully saturated rings. The summed E-state index contributed by atoms with van der Waals surface area (Å²) in [6.45, 7) is 0. The first-order chi connectivity index (χ1) is 10.0. The molecular weight excluding hydrogens is 313 g/mol. The lowest BCUT2D eigenvalue weighted by atomic mass is 10.1. The molecule has 108 valence electrons. The lowest BCUT2D eigenvalue weighted by Gasteiger charge is -2.08. The molecule has 0 saturated carbocycles.